The van der Waals surface area contributed by atoms with Crippen molar-refractivity contribution in [1.82, 2.24) is 9.78 Å². The van der Waals surface area contributed by atoms with Crippen molar-refractivity contribution in [2.24, 2.45) is 0 Å². The van der Waals surface area contributed by atoms with Crippen LogP contribution >= 0.6 is 15.9 Å². The summed E-state index contributed by atoms with van der Waals surface area (Å²) in [5.74, 6) is 0. The maximum atomic E-state index is 5.94. The third-order valence-corrected chi connectivity index (χ3v) is 5.16. The smallest absolute Gasteiger partial charge is 0.150 e. The number of aromatic nitrogens is 2. The molecule has 1 saturated heterocycles. The molecule has 0 radical (unpaired) electrons. The monoisotopic (exact) mass is 334 g/mol. The van der Waals surface area contributed by atoms with Crippen LogP contribution in [0.1, 0.15) is 50.9 Å². The fraction of sp³-hybridized carbons (Fsp3) is 0.562. The zero-order valence-corrected chi connectivity index (χ0v) is 13.3. The predicted octanol–water partition coefficient (Wildman–Crippen LogP) is 4.55. The van der Waals surface area contributed by atoms with Crippen molar-refractivity contribution < 1.29 is 4.74 Å². The molecule has 1 unspecified atom stereocenters. The van der Waals surface area contributed by atoms with Gasteiger partial charge in [0.2, 0.25) is 0 Å². The molecular weight excluding hydrogens is 316 g/mol. The Morgan fingerprint density at radius 1 is 1.35 bits per heavy atom. The van der Waals surface area contributed by atoms with Crippen LogP contribution in [0.3, 0.4) is 0 Å². The first-order valence-electron chi connectivity index (χ1n) is 7.47. The Kier molecular flexibility index (Phi) is 2.93. The lowest BCUT2D eigenvalue weighted by Crippen LogP contribution is -2.19. The van der Waals surface area contributed by atoms with Gasteiger partial charge >= 0.3 is 0 Å². The molecule has 1 saturated carbocycles. The molecule has 20 heavy (non-hydrogen) atoms. The number of hydrogen-bond donors (Lipinski definition) is 0. The Morgan fingerprint density at radius 2 is 2.20 bits per heavy atom. The lowest BCUT2D eigenvalue weighted by atomic mass is 10.0. The minimum Gasteiger partial charge on any atom is -0.356 e. The van der Waals surface area contributed by atoms with Gasteiger partial charge in [-0.3, -0.25) is 0 Å². The van der Waals surface area contributed by atoms with Gasteiger partial charge in [0.15, 0.2) is 6.23 Å². The van der Waals surface area contributed by atoms with Gasteiger partial charge in [0.1, 0.15) is 0 Å². The van der Waals surface area contributed by atoms with Crippen molar-refractivity contribution in [3.63, 3.8) is 0 Å². The van der Waals surface area contributed by atoms with Crippen molar-refractivity contribution in [2.75, 3.05) is 6.61 Å². The molecule has 3 nitrogen and oxygen atoms in total. The summed E-state index contributed by atoms with van der Waals surface area (Å²) in [6.45, 7) is 3.18. The molecule has 0 N–H and O–H groups in total. The second-order valence-corrected chi connectivity index (χ2v) is 7.25. The summed E-state index contributed by atoms with van der Waals surface area (Å²) in [6, 6.07) is 6.47. The van der Waals surface area contributed by atoms with E-state index in [2.05, 4.69) is 45.7 Å². The fourth-order valence-electron chi connectivity index (χ4n) is 3.12. The molecule has 0 spiro atoms. The second kappa shape index (κ2) is 4.57. The number of fused-ring (bicyclic) bond motifs is 1. The van der Waals surface area contributed by atoms with E-state index in [1.165, 1.54) is 42.3 Å². The van der Waals surface area contributed by atoms with Crippen LogP contribution in [-0.2, 0) is 10.2 Å². The van der Waals surface area contributed by atoms with E-state index in [-0.39, 0.29) is 11.6 Å². The predicted molar refractivity (Wildman–Crippen MR) is 82.9 cm³/mol. The van der Waals surface area contributed by atoms with Gasteiger partial charge in [0, 0.05) is 21.9 Å². The summed E-state index contributed by atoms with van der Waals surface area (Å²) in [5, 5.41) is 6.24. The van der Waals surface area contributed by atoms with Gasteiger partial charge in [0.05, 0.1) is 11.2 Å². The van der Waals surface area contributed by atoms with E-state index in [1.54, 1.807) is 0 Å². The molecule has 2 aliphatic rings. The number of rotatable bonds is 2. The Balaban J connectivity index is 1.88. The first-order chi connectivity index (χ1) is 9.67. The van der Waals surface area contributed by atoms with Crippen LogP contribution in [0.5, 0.6) is 0 Å². The van der Waals surface area contributed by atoms with Crippen LogP contribution in [0.4, 0.5) is 0 Å². The highest BCUT2D eigenvalue weighted by atomic mass is 79.9. The lowest BCUT2D eigenvalue weighted by Gasteiger charge is -2.23. The van der Waals surface area contributed by atoms with Gasteiger partial charge in [-0.05, 0) is 50.3 Å². The molecule has 4 rings (SSSR count). The average molecular weight is 335 g/mol. The summed E-state index contributed by atoms with van der Waals surface area (Å²) < 4.78 is 9.19. The Morgan fingerprint density at radius 3 is 2.90 bits per heavy atom. The van der Waals surface area contributed by atoms with Gasteiger partial charge in [0.25, 0.3) is 0 Å². The molecule has 1 atom stereocenters. The second-order valence-electron chi connectivity index (χ2n) is 6.34. The van der Waals surface area contributed by atoms with Crippen LogP contribution in [0.15, 0.2) is 22.7 Å². The average Bonchev–Trinajstić information content (AvgIpc) is 3.09. The summed E-state index contributed by atoms with van der Waals surface area (Å²) in [6.07, 6.45) is 6.08. The van der Waals surface area contributed by atoms with Crippen LogP contribution < -0.4 is 0 Å². The van der Waals surface area contributed by atoms with E-state index < -0.39 is 0 Å². The van der Waals surface area contributed by atoms with Crippen molar-refractivity contribution in [2.45, 2.75) is 50.7 Å². The number of benzene rings is 1. The number of halogens is 1. The SMILES string of the molecule is CC1(c2nn(C3CCCCO3)c3ccc(Br)cc23)CC1. The Hall–Kier alpha value is -0.870. The van der Waals surface area contributed by atoms with E-state index in [0.717, 1.165) is 17.5 Å². The van der Waals surface area contributed by atoms with Gasteiger partial charge in [-0.25, -0.2) is 4.68 Å². The van der Waals surface area contributed by atoms with Crippen LogP contribution in [0.25, 0.3) is 10.9 Å². The Bertz CT molecular complexity index is 654. The maximum absolute atomic E-state index is 5.94. The van der Waals surface area contributed by atoms with Crippen LogP contribution in [0.2, 0.25) is 0 Å². The van der Waals surface area contributed by atoms with Crippen molar-refractivity contribution >= 4 is 26.8 Å². The van der Waals surface area contributed by atoms with Crippen LogP contribution in [0, 0.1) is 0 Å². The van der Waals surface area contributed by atoms with Crippen molar-refractivity contribution in [1.29, 1.82) is 0 Å². The van der Waals surface area contributed by atoms with E-state index in [4.69, 9.17) is 9.84 Å². The van der Waals surface area contributed by atoms with E-state index >= 15 is 0 Å². The fourth-order valence-corrected chi connectivity index (χ4v) is 3.48. The largest absolute Gasteiger partial charge is 0.356 e. The van der Waals surface area contributed by atoms with Gasteiger partial charge in [-0.2, -0.15) is 5.10 Å². The molecular formula is C16H19BrN2O. The van der Waals surface area contributed by atoms with E-state index in [1.807, 2.05) is 0 Å². The highest BCUT2D eigenvalue weighted by Crippen LogP contribution is 2.49. The minimum absolute atomic E-state index is 0.114. The maximum Gasteiger partial charge on any atom is 0.150 e. The number of nitrogens with zero attached hydrogens (tertiary/aromatic N) is 2. The molecule has 2 aromatic rings. The molecule has 4 heteroatoms. The third-order valence-electron chi connectivity index (χ3n) is 4.67. The molecule has 2 fully saturated rings. The summed E-state index contributed by atoms with van der Waals surface area (Å²) in [5.41, 5.74) is 2.74. The van der Waals surface area contributed by atoms with Gasteiger partial charge in [-0.15, -0.1) is 0 Å². The third kappa shape index (κ3) is 2.01. The van der Waals surface area contributed by atoms with E-state index in [9.17, 15) is 0 Å². The molecule has 0 bridgehead atoms. The zero-order chi connectivity index (χ0) is 13.7. The van der Waals surface area contributed by atoms with Gasteiger partial charge in [-0.1, -0.05) is 22.9 Å². The van der Waals surface area contributed by atoms with Crippen molar-refractivity contribution in [3.8, 4) is 0 Å². The molecule has 1 aromatic carbocycles. The molecule has 2 heterocycles. The molecule has 1 aliphatic carbocycles. The van der Waals surface area contributed by atoms with Crippen molar-refractivity contribution in [3.05, 3.63) is 28.4 Å². The summed E-state index contributed by atoms with van der Waals surface area (Å²) >= 11 is 3.59. The summed E-state index contributed by atoms with van der Waals surface area (Å²) in [4.78, 5) is 0. The molecule has 106 valence electrons. The highest BCUT2D eigenvalue weighted by molar-refractivity contribution is 9.10. The first kappa shape index (κ1) is 12.8. The first-order valence-corrected chi connectivity index (χ1v) is 8.27. The molecule has 1 aliphatic heterocycles. The van der Waals surface area contributed by atoms with Gasteiger partial charge < -0.3 is 4.74 Å². The summed E-state index contributed by atoms with van der Waals surface area (Å²) in [7, 11) is 0. The topological polar surface area (TPSA) is 27.1 Å². The zero-order valence-electron chi connectivity index (χ0n) is 11.7. The quantitative estimate of drug-likeness (QED) is 0.805. The van der Waals surface area contributed by atoms with E-state index in [0.29, 0.717) is 0 Å². The molecule has 0 amide bonds. The number of hydrogen-bond acceptors (Lipinski definition) is 2. The number of ether oxygens (including phenoxy) is 1. The lowest BCUT2D eigenvalue weighted by molar-refractivity contribution is -0.0369. The molecule has 1 aromatic heterocycles. The normalized spacial score (nSPS) is 25.0. The standard InChI is InChI=1S/C16H19BrN2O/c1-16(7-8-16)15-12-10-11(17)5-6-13(12)19(18-15)14-4-2-3-9-20-14/h5-6,10,14H,2-4,7-9H2,1H3. The van der Waals surface area contributed by atoms with Crippen LogP contribution in [-0.4, -0.2) is 16.4 Å². The Labute approximate surface area is 127 Å². The minimum atomic E-state index is 0.114. The highest BCUT2D eigenvalue weighted by Gasteiger charge is 2.43.